The van der Waals surface area contributed by atoms with Crippen LogP contribution < -0.4 is 5.32 Å². The largest absolute Gasteiger partial charge is 0.328 e. The predicted octanol–water partition coefficient (Wildman–Crippen LogP) is 0.967. The molecule has 1 atom stereocenters. The molecule has 2 aromatic heterocycles. The van der Waals surface area contributed by atoms with E-state index >= 15 is 0 Å². The van der Waals surface area contributed by atoms with Gasteiger partial charge in [-0.3, -0.25) is 14.8 Å². The molecular formula is C15H17N5O. The number of nitrogens with one attached hydrogen (secondary N) is 1. The standard InChI is InChI=1S/C15H17N5O/c1-11-7-19-13(9-18-11)15(21)20-6-5-17-10-14(20)12-3-2-4-16-8-12/h2-4,7-9,14,17H,5-6,10H2,1H3. The Morgan fingerprint density at radius 1 is 1.33 bits per heavy atom. The lowest BCUT2D eigenvalue weighted by atomic mass is 10.0. The second-order valence-electron chi connectivity index (χ2n) is 5.05. The zero-order valence-corrected chi connectivity index (χ0v) is 11.9. The summed E-state index contributed by atoms with van der Waals surface area (Å²) in [6.07, 6.45) is 6.70. The number of aryl methyl sites for hydroxylation is 1. The molecule has 1 amide bonds. The zero-order chi connectivity index (χ0) is 14.7. The van der Waals surface area contributed by atoms with Crippen LogP contribution in [0.15, 0.2) is 36.9 Å². The van der Waals surface area contributed by atoms with E-state index in [0.29, 0.717) is 12.2 Å². The van der Waals surface area contributed by atoms with E-state index in [1.807, 2.05) is 24.0 Å². The first kappa shape index (κ1) is 13.6. The minimum Gasteiger partial charge on any atom is -0.328 e. The summed E-state index contributed by atoms with van der Waals surface area (Å²) < 4.78 is 0. The molecule has 1 N–H and O–H groups in total. The zero-order valence-electron chi connectivity index (χ0n) is 11.9. The van der Waals surface area contributed by atoms with E-state index in [1.54, 1.807) is 24.8 Å². The predicted molar refractivity (Wildman–Crippen MR) is 77.7 cm³/mol. The fraction of sp³-hybridized carbons (Fsp3) is 0.333. The molecule has 0 aliphatic carbocycles. The molecule has 1 aliphatic heterocycles. The average molecular weight is 283 g/mol. The molecule has 21 heavy (non-hydrogen) atoms. The Kier molecular flexibility index (Phi) is 3.87. The van der Waals surface area contributed by atoms with Crippen LogP contribution in [0.1, 0.15) is 27.8 Å². The minimum absolute atomic E-state index is 0.0250. The number of rotatable bonds is 2. The summed E-state index contributed by atoms with van der Waals surface area (Å²) in [4.78, 5) is 27.0. The Labute approximate surface area is 123 Å². The van der Waals surface area contributed by atoms with Crippen LogP contribution in [0, 0.1) is 6.92 Å². The summed E-state index contributed by atoms with van der Waals surface area (Å²) in [5.74, 6) is -0.0853. The Hall–Kier alpha value is -2.34. The summed E-state index contributed by atoms with van der Waals surface area (Å²) in [6.45, 7) is 4.00. The molecule has 6 heteroatoms. The number of aromatic nitrogens is 3. The molecule has 6 nitrogen and oxygen atoms in total. The van der Waals surface area contributed by atoms with Crippen LogP contribution in [0.2, 0.25) is 0 Å². The summed E-state index contributed by atoms with van der Waals surface area (Å²) in [6, 6.07) is 3.85. The molecule has 108 valence electrons. The van der Waals surface area contributed by atoms with Gasteiger partial charge in [-0.2, -0.15) is 0 Å². The topological polar surface area (TPSA) is 71.0 Å². The van der Waals surface area contributed by atoms with Gasteiger partial charge in [-0.25, -0.2) is 4.98 Å². The monoisotopic (exact) mass is 283 g/mol. The highest BCUT2D eigenvalue weighted by Crippen LogP contribution is 2.22. The third-order valence-electron chi connectivity index (χ3n) is 3.57. The van der Waals surface area contributed by atoms with Crippen molar-refractivity contribution in [1.82, 2.24) is 25.2 Å². The lowest BCUT2D eigenvalue weighted by molar-refractivity contribution is 0.0627. The lowest BCUT2D eigenvalue weighted by Gasteiger charge is -2.36. The van der Waals surface area contributed by atoms with Crippen LogP contribution in [-0.4, -0.2) is 45.4 Å². The summed E-state index contributed by atoms with van der Waals surface area (Å²) in [5.41, 5.74) is 2.21. The first-order chi connectivity index (χ1) is 10.3. The van der Waals surface area contributed by atoms with E-state index in [2.05, 4.69) is 20.3 Å². The van der Waals surface area contributed by atoms with Crippen molar-refractivity contribution >= 4 is 5.91 Å². The van der Waals surface area contributed by atoms with Gasteiger partial charge >= 0.3 is 0 Å². The molecule has 2 aromatic rings. The van der Waals surface area contributed by atoms with E-state index in [9.17, 15) is 4.79 Å². The number of nitrogens with zero attached hydrogens (tertiary/aromatic N) is 4. The lowest BCUT2D eigenvalue weighted by Crippen LogP contribution is -2.48. The van der Waals surface area contributed by atoms with Crippen molar-refractivity contribution in [3.05, 3.63) is 53.9 Å². The number of carbonyl (C=O) groups excluding carboxylic acids is 1. The Balaban J connectivity index is 1.87. The maximum Gasteiger partial charge on any atom is 0.274 e. The average Bonchev–Trinajstić information content (AvgIpc) is 2.56. The molecule has 1 saturated heterocycles. The fourth-order valence-electron chi connectivity index (χ4n) is 2.47. The van der Waals surface area contributed by atoms with E-state index in [1.165, 1.54) is 0 Å². The fourth-order valence-corrected chi connectivity index (χ4v) is 2.47. The van der Waals surface area contributed by atoms with Gasteiger partial charge in [0.15, 0.2) is 0 Å². The molecule has 0 spiro atoms. The highest BCUT2D eigenvalue weighted by molar-refractivity contribution is 5.92. The number of hydrogen-bond donors (Lipinski definition) is 1. The van der Waals surface area contributed by atoms with Crippen molar-refractivity contribution in [3.8, 4) is 0 Å². The van der Waals surface area contributed by atoms with Crippen LogP contribution in [0.25, 0.3) is 0 Å². The van der Waals surface area contributed by atoms with E-state index < -0.39 is 0 Å². The molecule has 0 radical (unpaired) electrons. The highest BCUT2D eigenvalue weighted by Gasteiger charge is 2.29. The van der Waals surface area contributed by atoms with Crippen LogP contribution in [-0.2, 0) is 0 Å². The second-order valence-corrected chi connectivity index (χ2v) is 5.05. The molecule has 0 saturated carbocycles. The van der Waals surface area contributed by atoms with Gasteiger partial charge in [-0.1, -0.05) is 6.07 Å². The van der Waals surface area contributed by atoms with Crippen LogP contribution in [0.4, 0.5) is 0 Å². The van der Waals surface area contributed by atoms with Gasteiger partial charge in [0.1, 0.15) is 5.69 Å². The summed E-state index contributed by atoms with van der Waals surface area (Å²) in [7, 11) is 0. The molecular weight excluding hydrogens is 266 g/mol. The van der Waals surface area contributed by atoms with Crippen molar-refractivity contribution in [3.63, 3.8) is 0 Å². The Bertz CT molecular complexity index is 614. The van der Waals surface area contributed by atoms with Crippen molar-refractivity contribution in [2.75, 3.05) is 19.6 Å². The quantitative estimate of drug-likeness (QED) is 0.889. The minimum atomic E-state index is -0.0853. The highest BCUT2D eigenvalue weighted by atomic mass is 16.2. The SMILES string of the molecule is Cc1cnc(C(=O)N2CCNCC2c2cccnc2)cn1. The molecule has 1 unspecified atom stereocenters. The summed E-state index contributed by atoms with van der Waals surface area (Å²) in [5, 5.41) is 3.32. The number of amides is 1. The van der Waals surface area contributed by atoms with Crippen LogP contribution in [0.5, 0.6) is 0 Å². The first-order valence-electron chi connectivity index (χ1n) is 6.96. The Morgan fingerprint density at radius 3 is 2.95 bits per heavy atom. The second kappa shape index (κ2) is 5.97. The van der Waals surface area contributed by atoms with Crippen molar-refractivity contribution in [2.24, 2.45) is 0 Å². The maximum atomic E-state index is 12.7. The third kappa shape index (κ3) is 2.90. The molecule has 1 aliphatic rings. The van der Waals surface area contributed by atoms with Gasteiger partial charge in [0.2, 0.25) is 0 Å². The van der Waals surface area contributed by atoms with E-state index in [4.69, 9.17) is 0 Å². The van der Waals surface area contributed by atoms with Gasteiger partial charge in [0.05, 0.1) is 17.9 Å². The van der Waals surface area contributed by atoms with Crippen LogP contribution >= 0.6 is 0 Å². The molecule has 0 aromatic carbocycles. The molecule has 1 fully saturated rings. The van der Waals surface area contributed by atoms with Gasteiger partial charge in [-0.15, -0.1) is 0 Å². The summed E-state index contributed by atoms with van der Waals surface area (Å²) >= 11 is 0. The van der Waals surface area contributed by atoms with Gasteiger partial charge < -0.3 is 10.2 Å². The normalized spacial score (nSPS) is 18.5. The smallest absolute Gasteiger partial charge is 0.274 e. The number of piperazine rings is 1. The van der Waals surface area contributed by atoms with E-state index in [-0.39, 0.29) is 11.9 Å². The molecule has 0 bridgehead atoms. The number of carbonyl (C=O) groups is 1. The first-order valence-corrected chi connectivity index (χ1v) is 6.96. The third-order valence-corrected chi connectivity index (χ3v) is 3.57. The molecule has 3 heterocycles. The van der Waals surface area contributed by atoms with Gasteiger partial charge in [0, 0.05) is 38.2 Å². The van der Waals surface area contributed by atoms with Crippen molar-refractivity contribution < 1.29 is 4.79 Å². The van der Waals surface area contributed by atoms with Crippen molar-refractivity contribution in [1.29, 1.82) is 0 Å². The number of pyridine rings is 1. The van der Waals surface area contributed by atoms with Gasteiger partial charge in [0.25, 0.3) is 5.91 Å². The van der Waals surface area contributed by atoms with Crippen molar-refractivity contribution in [2.45, 2.75) is 13.0 Å². The molecule has 3 rings (SSSR count). The van der Waals surface area contributed by atoms with Gasteiger partial charge in [-0.05, 0) is 18.6 Å². The van der Waals surface area contributed by atoms with Crippen LogP contribution in [0.3, 0.4) is 0 Å². The maximum absolute atomic E-state index is 12.7. The number of hydrogen-bond acceptors (Lipinski definition) is 5. The van der Waals surface area contributed by atoms with E-state index in [0.717, 1.165) is 24.3 Å². The Morgan fingerprint density at radius 2 is 2.24 bits per heavy atom.